The van der Waals surface area contributed by atoms with Crippen LogP contribution in [0.25, 0.3) is 0 Å². The molecule has 33 heavy (non-hydrogen) atoms. The van der Waals surface area contributed by atoms with Gasteiger partial charge in [0.2, 0.25) is 0 Å². The van der Waals surface area contributed by atoms with Crippen LogP contribution in [-0.2, 0) is 6.42 Å². The van der Waals surface area contributed by atoms with Gasteiger partial charge in [0.25, 0.3) is 0 Å². The Balaban J connectivity index is 1.84. The van der Waals surface area contributed by atoms with Crippen LogP contribution in [0, 0.1) is 20.8 Å². The Kier molecular flexibility index (Phi) is 10.2. The molecule has 1 atom stereocenters. The second-order valence-electron chi connectivity index (χ2n) is 9.93. The Labute approximate surface area is 199 Å². The Morgan fingerprint density at radius 3 is 2.09 bits per heavy atom. The normalized spacial score (nSPS) is 18.7. The second kappa shape index (κ2) is 12.4. The van der Waals surface area contributed by atoms with Crippen LogP contribution in [0.15, 0.2) is 34.9 Å². The Bertz CT molecular complexity index is 905. The first kappa shape index (κ1) is 27.1. The fourth-order valence-corrected chi connectivity index (χ4v) is 4.49. The van der Waals surface area contributed by atoms with Gasteiger partial charge in [0.15, 0.2) is 0 Å². The summed E-state index contributed by atoms with van der Waals surface area (Å²) in [5.74, 6) is 1.37. The van der Waals surface area contributed by atoms with Gasteiger partial charge in [0.1, 0.15) is 30.4 Å². The molecule has 0 aromatic heterocycles. The van der Waals surface area contributed by atoms with Crippen LogP contribution in [0.5, 0.6) is 11.5 Å². The molecule has 184 valence electrons. The van der Waals surface area contributed by atoms with Crippen molar-refractivity contribution in [3.63, 3.8) is 0 Å². The van der Waals surface area contributed by atoms with E-state index in [1.807, 2.05) is 20.8 Å². The summed E-state index contributed by atoms with van der Waals surface area (Å²) in [6.07, 6.45) is 13.6. The summed E-state index contributed by atoms with van der Waals surface area (Å²) in [5, 5.41) is 10.4. The molecule has 0 amide bonds. The van der Waals surface area contributed by atoms with Gasteiger partial charge >= 0.3 is 0 Å². The highest BCUT2D eigenvalue weighted by Gasteiger charge is 2.33. The van der Waals surface area contributed by atoms with Crippen molar-refractivity contribution in [3.05, 3.63) is 57.2 Å². The van der Waals surface area contributed by atoms with Crippen molar-refractivity contribution in [2.75, 3.05) is 13.3 Å². The molecule has 0 saturated carbocycles. The minimum atomic E-state index is -0.692. The predicted molar refractivity (Wildman–Crippen MR) is 135 cm³/mol. The van der Waals surface area contributed by atoms with Crippen LogP contribution in [0.1, 0.15) is 88.0 Å². The van der Waals surface area contributed by atoms with E-state index in [9.17, 15) is 13.9 Å². The summed E-state index contributed by atoms with van der Waals surface area (Å²) in [6, 6.07) is 0. The van der Waals surface area contributed by atoms with Gasteiger partial charge in [-0.05, 0) is 115 Å². The lowest BCUT2D eigenvalue weighted by atomic mass is 9.85. The average Bonchev–Trinajstić information content (AvgIpc) is 2.79. The van der Waals surface area contributed by atoms with Crippen molar-refractivity contribution >= 4 is 0 Å². The van der Waals surface area contributed by atoms with Gasteiger partial charge in [-0.1, -0.05) is 29.4 Å². The quantitative estimate of drug-likeness (QED) is 0.335. The lowest BCUT2D eigenvalue weighted by Gasteiger charge is -2.38. The number of halogens is 2. The summed E-state index contributed by atoms with van der Waals surface area (Å²) in [5.41, 5.74) is 6.78. The van der Waals surface area contributed by atoms with Gasteiger partial charge in [-0.25, -0.2) is 8.78 Å². The number of hydrogen-bond acceptors (Lipinski definition) is 2. The van der Waals surface area contributed by atoms with Crippen molar-refractivity contribution in [1.29, 1.82) is 0 Å². The maximum Gasteiger partial charge on any atom is 0.127 e. The number of allylic oxidation sites excluding steroid dienone is 6. The fourth-order valence-electron chi connectivity index (χ4n) is 4.49. The first-order chi connectivity index (χ1) is 15.6. The molecule has 1 aliphatic rings. The van der Waals surface area contributed by atoms with Crippen LogP contribution < -0.4 is 4.74 Å². The third kappa shape index (κ3) is 7.45. The first-order valence-corrected chi connectivity index (χ1v) is 12.2. The third-order valence-corrected chi connectivity index (χ3v) is 7.10. The lowest BCUT2D eigenvalue weighted by molar-refractivity contribution is 0.0558. The summed E-state index contributed by atoms with van der Waals surface area (Å²) >= 11 is 0. The summed E-state index contributed by atoms with van der Waals surface area (Å²) in [4.78, 5) is 0. The van der Waals surface area contributed by atoms with Gasteiger partial charge < -0.3 is 9.84 Å². The standard InChI is InChI=1S/C29H42F2O2/c1-20(12-8-14-25(18-30)19-31)10-7-11-21(2)13-9-16-29(6)17-15-26-24(5)27(32)22(3)23(4)28(26)33-29/h10,13-14,32H,7-9,11-12,15-19H2,1-6H3/b20-10+,21-13+. The number of aromatic hydroxyl groups is 1. The molecular formula is C29H42F2O2. The molecule has 0 saturated heterocycles. The summed E-state index contributed by atoms with van der Waals surface area (Å²) < 4.78 is 31.5. The molecule has 0 spiro atoms. The molecule has 1 aliphatic heterocycles. The molecular weight excluding hydrogens is 418 g/mol. The Morgan fingerprint density at radius 1 is 0.909 bits per heavy atom. The van der Waals surface area contributed by atoms with Gasteiger partial charge in [-0.3, -0.25) is 0 Å². The zero-order chi connectivity index (χ0) is 24.6. The second-order valence-corrected chi connectivity index (χ2v) is 9.93. The number of phenolic OH excluding ortho intramolecular Hbond substituents is 1. The molecule has 1 heterocycles. The molecule has 1 N–H and O–H groups in total. The highest BCUT2D eigenvalue weighted by Crippen LogP contribution is 2.44. The maximum atomic E-state index is 12.5. The van der Waals surface area contributed by atoms with E-state index in [0.29, 0.717) is 12.2 Å². The number of alkyl halides is 2. The van der Waals surface area contributed by atoms with Crippen LogP contribution in [0.3, 0.4) is 0 Å². The minimum Gasteiger partial charge on any atom is -0.507 e. The molecule has 0 fully saturated rings. The van der Waals surface area contributed by atoms with E-state index in [-0.39, 0.29) is 11.2 Å². The van der Waals surface area contributed by atoms with Gasteiger partial charge in [-0.15, -0.1) is 0 Å². The van der Waals surface area contributed by atoms with Crippen molar-refractivity contribution in [1.82, 2.24) is 0 Å². The minimum absolute atomic E-state index is 0.188. The van der Waals surface area contributed by atoms with Crippen LogP contribution in [-0.4, -0.2) is 24.1 Å². The Hall–Kier alpha value is -2.10. The predicted octanol–water partition coefficient (Wildman–Crippen LogP) is 8.50. The number of benzene rings is 1. The molecule has 2 nitrogen and oxygen atoms in total. The molecule has 0 bridgehead atoms. The van der Waals surface area contributed by atoms with Gasteiger partial charge in [0, 0.05) is 5.56 Å². The van der Waals surface area contributed by atoms with E-state index in [4.69, 9.17) is 4.74 Å². The number of fused-ring (bicyclic) bond motifs is 1. The largest absolute Gasteiger partial charge is 0.507 e. The molecule has 2 rings (SSSR count). The summed E-state index contributed by atoms with van der Waals surface area (Å²) in [6.45, 7) is 11.1. The maximum absolute atomic E-state index is 12.5. The van der Waals surface area contributed by atoms with Crippen LogP contribution in [0.2, 0.25) is 0 Å². The van der Waals surface area contributed by atoms with Crippen molar-refractivity contribution in [3.8, 4) is 11.5 Å². The number of hydrogen-bond donors (Lipinski definition) is 1. The van der Waals surface area contributed by atoms with E-state index in [2.05, 4.69) is 32.9 Å². The highest BCUT2D eigenvalue weighted by atomic mass is 19.1. The van der Waals surface area contributed by atoms with Gasteiger partial charge in [0.05, 0.1) is 0 Å². The topological polar surface area (TPSA) is 29.5 Å². The van der Waals surface area contributed by atoms with Crippen LogP contribution >= 0.6 is 0 Å². The lowest BCUT2D eigenvalue weighted by Crippen LogP contribution is -2.37. The summed E-state index contributed by atoms with van der Waals surface area (Å²) in [7, 11) is 0. The molecule has 1 unspecified atom stereocenters. The van der Waals surface area contributed by atoms with Crippen molar-refractivity contribution < 1.29 is 18.6 Å². The van der Waals surface area contributed by atoms with E-state index >= 15 is 0 Å². The average molecular weight is 461 g/mol. The smallest absolute Gasteiger partial charge is 0.127 e. The third-order valence-electron chi connectivity index (χ3n) is 7.10. The van der Waals surface area contributed by atoms with E-state index in [1.165, 1.54) is 11.1 Å². The fraction of sp³-hybridized carbons (Fsp3) is 0.586. The number of rotatable bonds is 11. The highest BCUT2D eigenvalue weighted by molar-refractivity contribution is 5.58. The van der Waals surface area contributed by atoms with E-state index in [0.717, 1.165) is 72.9 Å². The first-order valence-electron chi connectivity index (χ1n) is 12.2. The molecule has 1 aromatic rings. The zero-order valence-electron chi connectivity index (χ0n) is 21.4. The van der Waals surface area contributed by atoms with Crippen molar-refractivity contribution in [2.24, 2.45) is 0 Å². The van der Waals surface area contributed by atoms with Gasteiger partial charge in [-0.2, -0.15) is 0 Å². The SMILES string of the molecule is C/C(=C\CC/C(C)=C/CCC1(C)CCc2c(C)c(O)c(C)c(C)c2O1)CCC=C(CF)CF. The molecule has 1 aromatic carbocycles. The molecule has 0 radical (unpaired) electrons. The van der Waals surface area contributed by atoms with Crippen molar-refractivity contribution in [2.45, 2.75) is 98.5 Å². The number of phenols is 1. The number of ether oxygens (including phenoxy) is 1. The van der Waals surface area contributed by atoms with E-state index in [1.54, 1.807) is 6.08 Å². The van der Waals surface area contributed by atoms with E-state index < -0.39 is 13.3 Å². The Morgan fingerprint density at radius 2 is 1.48 bits per heavy atom. The monoisotopic (exact) mass is 460 g/mol. The molecule has 0 aliphatic carbocycles. The zero-order valence-corrected chi connectivity index (χ0v) is 21.4. The molecule has 4 heteroatoms. The van der Waals surface area contributed by atoms with Crippen LogP contribution in [0.4, 0.5) is 8.78 Å².